The Bertz CT molecular complexity index is 439. The highest BCUT2D eigenvalue weighted by molar-refractivity contribution is 5.76. The molecule has 21 heavy (non-hydrogen) atoms. The lowest BCUT2D eigenvalue weighted by Gasteiger charge is -2.09. The molecule has 3 heteroatoms. The summed E-state index contributed by atoms with van der Waals surface area (Å²) in [7, 11) is 1.69. The maximum Gasteiger partial charge on any atom is 0.220 e. The zero-order chi connectivity index (χ0) is 14.9. The fourth-order valence-electron chi connectivity index (χ4n) is 3.06. The van der Waals surface area contributed by atoms with E-state index >= 15 is 0 Å². The van der Waals surface area contributed by atoms with Crippen molar-refractivity contribution < 1.29 is 9.53 Å². The van der Waals surface area contributed by atoms with Crippen LogP contribution in [0.15, 0.2) is 24.3 Å². The maximum atomic E-state index is 11.8. The molecule has 0 aromatic heterocycles. The highest BCUT2D eigenvalue weighted by atomic mass is 16.5. The average Bonchev–Trinajstić information content (AvgIpc) is 3.00. The molecule has 1 aliphatic carbocycles. The minimum atomic E-state index is 0.239. The van der Waals surface area contributed by atoms with Gasteiger partial charge in [-0.15, -0.1) is 0 Å². The number of aryl methyl sites for hydroxylation is 1. The minimum absolute atomic E-state index is 0.239. The zero-order valence-corrected chi connectivity index (χ0v) is 13.1. The van der Waals surface area contributed by atoms with Crippen LogP contribution in [-0.2, 0) is 11.2 Å². The topological polar surface area (TPSA) is 38.3 Å². The second kappa shape index (κ2) is 8.71. The van der Waals surface area contributed by atoms with Crippen LogP contribution < -0.4 is 10.1 Å². The fraction of sp³-hybridized carbons (Fsp3) is 0.611. The highest BCUT2D eigenvalue weighted by Gasteiger charge is 2.17. The fourth-order valence-corrected chi connectivity index (χ4v) is 3.06. The maximum absolute atomic E-state index is 11.8. The largest absolute Gasteiger partial charge is 0.497 e. The molecule has 1 aromatic carbocycles. The summed E-state index contributed by atoms with van der Waals surface area (Å²) in [5.74, 6) is 1.79. The first-order valence-electron chi connectivity index (χ1n) is 8.17. The second-order valence-corrected chi connectivity index (χ2v) is 6.01. The number of nitrogens with one attached hydrogen (secondary N) is 1. The lowest BCUT2D eigenvalue weighted by Crippen LogP contribution is -2.26. The Morgan fingerprint density at radius 1 is 1.29 bits per heavy atom. The Kier molecular flexibility index (Phi) is 6.58. The molecule has 0 spiro atoms. The molecule has 0 aliphatic heterocycles. The molecule has 1 aromatic rings. The van der Waals surface area contributed by atoms with E-state index in [9.17, 15) is 4.79 Å². The number of carbonyl (C=O) groups is 1. The van der Waals surface area contributed by atoms with Crippen LogP contribution in [0.4, 0.5) is 0 Å². The summed E-state index contributed by atoms with van der Waals surface area (Å²) in [6.07, 6.45) is 8.99. The van der Waals surface area contributed by atoms with Gasteiger partial charge in [0.25, 0.3) is 0 Å². The van der Waals surface area contributed by atoms with Crippen LogP contribution in [0.3, 0.4) is 0 Å². The molecule has 0 atom stereocenters. The van der Waals surface area contributed by atoms with Crippen molar-refractivity contribution in [1.82, 2.24) is 5.32 Å². The monoisotopic (exact) mass is 289 g/mol. The lowest BCUT2D eigenvalue weighted by atomic mass is 10.0. The van der Waals surface area contributed by atoms with E-state index in [1.807, 2.05) is 12.1 Å². The van der Waals surface area contributed by atoms with E-state index in [1.54, 1.807) is 7.11 Å². The summed E-state index contributed by atoms with van der Waals surface area (Å²) < 4.78 is 5.22. The number of hydrogen-bond acceptors (Lipinski definition) is 2. The van der Waals surface area contributed by atoms with Crippen LogP contribution in [-0.4, -0.2) is 19.6 Å². The number of ether oxygens (including phenoxy) is 1. The van der Waals surface area contributed by atoms with E-state index in [1.165, 1.54) is 31.2 Å². The van der Waals surface area contributed by atoms with Crippen molar-refractivity contribution in [2.24, 2.45) is 5.92 Å². The van der Waals surface area contributed by atoms with Crippen LogP contribution in [0.25, 0.3) is 0 Å². The van der Waals surface area contributed by atoms with Gasteiger partial charge in [0.1, 0.15) is 5.75 Å². The molecular formula is C18H27NO2. The molecule has 0 heterocycles. The van der Waals surface area contributed by atoms with Crippen LogP contribution in [0.2, 0.25) is 0 Å². The minimum Gasteiger partial charge on any atom is -0.497 e. The summed E-state index contributed by atoms with van der Waals surface area (Å²) >= 11 is 0. The third-order valence-corrected chi connectivity index (χ3v) is 4.30. The van der Waals surface area contributed by atoms with Gasteiger partial charge < -0.3 is 10.1 Å². The van der Waals surface area contributed by atoms with Crippen molar-refractivity contribution >= 4 is 5.91 Å². The molecule has 1 saturated carbocycles. The second-order valence-electron chi connectivity index (χ2n) is 6.01. The Labute approximate surface area is 128 Å². The summed E-state index contributed by atoms with van der Waals surface area (Å²) in [5.41, 5.74) is 1.30. The predicted octanol–water partition coefficient (Wildman–Crippen LogP) is 3.71. The quantitative estimate of drug-likeness (QED) is 0.741. The van der Waals surface area contributed by atoms with Crippen molar-refractivity contribution in [1.29, 1.82) is 0 Å². The number of rotatable bonds is 8. The third kappa shape index (κ3) is 5.78. The smallest absolute Gasteiger partial charge is 0.220 e. The standard InChI is InChI=1S/C18H27NO2/c1-21-17-11-6-10-15(13-17)9-4-5-12-19-18(20)14-16-7-2-3-8-16/h6,10-11,13,16H,2-5,7-9,12,14H2,1H3,(H,19,20). The Hall–Kier alpha value is -1.51. The van der Waals surface area contributed by atoms with Gasteiger partial charge >= 0.3 is 0 Å². The van der Waals surface area contributed by atoms with E-state index in [0.29, 0.717) is 5.92 Å². The van der Waals surface area contributed by atoms with Crippen molar-refractivity contribution in [2.75, 3.05) is 13.7 Å². The van der Waals surface area contributed by atoms with Crippen molar-refractivity contribution in [3.8, 4) is 5.75 Å². The summed E-state index contributed by atoms with van der Waals surface area (Å²) in [6.45, 7) is 0.801. The molecule has 1 aliphatic rings. The van der Waals surface area contributed by atoms with Crippen LogP contribution in [0, 0.1) is 5.92 Å². The normalized spacial score (nSPS) is 15.1. The molecule has 3 nitrogen and oxygen atoms in total. The summed E-state index contributed by atoms with van der Waals surface area (Å²) in [5, 5.41) is 3.05. The van der Waals surface area contributed by atoms with Gasteiger partial charge in [0.15, 0.2) is 0 Å². The van der Waals surface area contributed by atoms with Gasteiger partial charge in [-0.25, -0.2) is 0 Å². The Balaban J connectivity index is 1.55. The van der Waals surface area contributed by atoms with E-state index in [-0.39, 0.29) is 5.91 Å². The molecule has 1 amide bonds. The van der Waals surface area contributed by atoms with Gasteiger partial charge in [0.2, 0.25) is 5.91 Å². The number of methoxy groups -OCH3 is 1. The molecular weight excluding hydrogens is 262 g/mol. The molecule has 0 unspecified atom stereocenters. The molecule has 1 fully saturated rings. The number of benzene rings is 1. The molecule has 116 valence electrons. The van der Waals surface area contributed by atoms with Gasteiger partial charge in [-0.05, 0) is 55.7 Å². The first kappa shape index (κ1) is 15.9. The molecule has 0 radical (unpaired) electrons. The predicted molar refractivity (Wildman–Crippen MR) is 85.5 cm³/mol. The zero-order valence-electron chi connectivity index (χ0n) is 13.1. The summed E-state index contributed by atoms with van der Waals surface area (Å²) in [6, 6.07) is 8.20. The molecule has 2 rings (SSSR count). The van der Waals surface area contributed by atoms with E-state index < -0.39 is 0 Å². The van der Waals surface area contributed by atoms with Gasteiger partial charge in [-0.1, -0.05) is 25.0 Å². The van der Waals surface area contributed by atoms with Crippen molar-refractivity contribution in [3.05, 3.63) is 29.8 Å². The van der Waals surface area contributed by atoms with Gasteiger partial charge in [-0.2, -0.15) is 0 Å². The van der Waals surface area contributed by atoms with Crippen LogP contribution in [0.5, 0.6) is 5.75 Å². The molecule has 0 saturated heterocycles. The average molecular weight is 289 g/mol. The van der Waals surface area contributed by atoms with E-state index in [2.05, 4.69) is 17.4 Å². The first-order valence-corrected chi connectivity index (χ1v) is 8.17. The van der Waals surface area contributed by atoms with E-state index in [4.69, 9.17) is 4.74 Å². The van der Waals surface area contributed by atoms with Gasteiger partial charge in [-0.3, -0.25) is 4.79 Å². The highest BCUT2D eigenvalue weighted by Crippen LogP contribution is 2.27. The summed E-state index contributed by atoms with van der Waals surface area (Å²) in [4.78, 5) is 11.8. The van der Waals surface area contributed by atoms with Crippen LogP contribution >= 0.6 is 0 Å². The van der Waals surface area contributed by atoms with Gasteiger partial charge in [0.05, 0.1) is 7.11 Å². The number of carbonyl (C=O) groups excluding carboxylic acids is 1. The van der Waals surface area contributed by atoms with Crippen molar-refractivity contribution in [3.63, 3.8) is 0 Å². The molecule has 0 bridgehead atoms. The number of hydrogen-bond donors (Lipinski definition) is 1. The van der Waals surface area contributed by atoms with Crippen LogP contribution in [0.1, 0.15) is 50.5 Å². The SMILES string of the molecule is COc1cccc(CCCCNC(=O)CC2CCCC2)c1. The van der Waals surface area contributed by atoms with Crippen molar-refractivity contribution in [2.45, 2.75) is 51.4 Å². The number of amides is 1. The van der Waals surface area contributed by atoms with Gasteiger partial charge in [0, 0.05) is 13.0 Å². The third-order valence-electron chi connectivity index (χ3n) is 4.30. The first-order chi connectivity index (χ1) is 10.3. The molecule has 1 N–H and O–H groups in total. The number of unbranched alkanes of at least 4 members (excludes halogenated alkanes) is 1. The van der Waals surface area contributed by atoms with E-state index in [0.717, 1.165) is 38.0 Å². The lowest BCUT2D eigenvalue weighted by molar-refractivity contribution is -0.121. The Morgan fingerprint density at radius 3 is 2.86 bits per heavy atom. The Morgan fingerprint density at radius 2 is 2.10 bits per heavy atom.